The number of carbonyl (C=O) groups is 1. The highest BCUT2D eigenvalue weighted by Gasteiger charge is 2.18. The third-order valence-electron chi connectivity index (χ3n) is 6.49. The largest absolute Gasteiger partial charge is 0.368 e. The van der Waals surface area contributed by atoms with Crippen LogP contribution >= 0.6 is 0 Å². The van der Waals surface area contributed by atoms with Gasteiger partial charge in [0, 0.05) is 43.7 Å². The Bertz CT molecular complexity index is 1130. The fourth-order valence-corrected chi connectivity index (χ4v) is 4.68. The molecule has 0 bridgehead atoms. The van der Waals surface area contributed by atoms with Crippen LogP contribution in [0.25, 0.3) is 16.8 Å². The van der Waals surface area contributed by atoms with E-state index in [4.69, 9.17) is 0 Å². The number of aromatic nitrogens is 1. The Morgan fingerprint density at radius 3 is 2.69 bits per heavy atom. The van der Waals surface area contributed by atoms with Crippen molar-refractivity contribution in [1.82, 2.24) is 9.88 Å². The summed E-state index contributed by atoms with van der Waals surface area (Å²) >= 11 is 0. The van der Waals surface area contributed by atoms with Crippen LogP contribution < -0.4 is 10.2 Å². The van der Waals surface area contributed by atoms with Gasteiger partial charge >= 0.3 is 0 Å². The van der Waals surface area contributed by atoms with Crippen LogP contribution in [-0.4, -0.2) is 48.5 Å². The van der Waals surface area contributed by atoms with Gasteiger partial charge in [-0.15, -0.1) is 0 Å². The number of rotatable bonds is 6. The third-order valence-corrected chi connectivity index (χ3v) is 6.49. The number of piperazine rings is 1. The summed E-state index contributed by atoms with van der Waals surface area (Å²) in [5.74, 6) is 0.791. The molecule has 1 fully saturated rings. The summed E-state index contributed by atoms with van der Waals surface area (Å²) in [6.07, 6.45) is 7.79. The first-order valence-corrected chi connectivity index (χ1v) is 11.7. The van der Waals surface area contributed by atoms with E-state index < -0.39 is 0 Å². The van der Waals surface area contributed by atoms with E-state index >= 15 is 0 Å². The standard InChI is InChI=1S/C27H30N4O/c32-26-15-13-22-12-14-23(28-27(22)29-26)9-2-1-5-16-30-17-19-31(20-18-30)25-11-6-8-21-7-3-4-10-24(21)25/h2-4,6-12,14H,1,5,13,15-20H2,(H,28,29,32). The van der Waals surface area contributed by atoms with Crippen molar-refractivity contribution in [2.45, 2.75) is 25.7 Å². The van der Waals surface area contributed by atoms with Crippen molar-refractivity contribution < 1.29 is 4.79 Å². The van der Waals surface area contributed by atoms with Gasteiger partial charge in [0.2, 0.25) is 5.91 Å². The van der Waals surface area contributed by atoms with E-state index in [1.54, 1.807) is 0 Å². The number of nitrogens with one attached hydrogen (secondary N) is 1. The molecule has 5 rings (SSSR count). The number of hydrogen-bond donors (Lipinski definition) is 1. The van der Waals surface area contributed by atoms with Gasteiger partial charge in [0.05, 0.1) is 5.69 Å². The molecule has 1 N–H and O–H groups in total. The molecule has 5 nitrogen and oxygen atoms in total. The molecule has 2 aliphatic rings. The molecule has 5 heteroatoms. The summed E-state index contributed by atoms with van der Waals surface area (Å²) in [6, 6.07) is 19.4. The minimum atomic E-state index is 0.0617. The van der Waals surface area contributed by atoms with E-state index in [1.807, 2.05) is 6.07 Å². The fourth-order valence-electron chi connectivity index (χ4n) is 4.68. The van der Waals surface area contributed by atoms with Crippen molar-refractivity contribution >= 4 is 34.3 Å². The highest BCUT2D eigenvalue weighted by Crippen LogP contribution is 2.27. The lowest BCUT2D eigenvalue weighted by atomic mass is 10.1. The molecule has 0 aliphatic carbocycles. The molecule has 3 aromatic rings. The SMILES string of the molecule is O=C1CCc2ccc(C=CCCCN3CCN(c4cccc5ccccc45)CC3)nc2N1. The summed E-state index contributed by atoms with van der Waals surface area (Å²) in [5.41, 5.74) is 3.40. The molecule has 1 saturated heterocycles. The lowest BCUT2D eigenvalue weighted by Gasteiger charge is -2.36. The Morgan fingerprint density at radius 2 is 1.78 bits per heavy atom. The molecule has 3 heterocycles. The van der Waals surface area contributed by atoms with Gasteiger partial charge in [-0.25, -0.2) is 4.98 Å². The summed E-state index contributed by atoms with van der Waals surface area (Å²) < 4.78 is 0. The molecule has 32 heavy (non-hydrogen) atoms. The molecule has 2 aromatic carbocycles. The fraction of sp³-hybridized carbons (Fsp3) is 0.333. The summed E-state index contributed by atoms with van der Waals surface area (Å²) in [4.78, 5) is 21.2. The molecular formula is C27H30N4O. The van der Waals surface area contributed by atoms with Crippen LogP contribution in [0.2, 0.25) is 0 Å². The van der Waals surface area contributed by atoms with Crippen LogP contribution in [0.3, 0.4) is 0 Å². The summed E-state index contributed by atoms with van der Waals surface area (Å²) in [5, 5.41) is 5.54. The first-order chi connectivity index (χ1) is 15.8. The van der Waals surface area contributed by atoms with Crippen molar-refractivity contribution in [3.63, 3.8) is 0 Å². The Labute approximate surface area is 189 Å². The number of pyridine rings is 1. The minimum Gasteiger partial charge on any atom is -0.368 e. The van der Waals surface area contributed by atoms with E-state index in [2.05, 4.69) is 80.8 Å². The first-order valence-electron chi connectivity index (χ1n) is 11.7. The number of carbonyl (C=O) groups excluding carboxylic acids is 1. The molecule has 0 radical (unpaired) electrons. The maximum absolute atomic E-state index is 11.6. The molecule has 164 valence electrons. The van der Waals surface area contributed by atoms with Gasteiger partial charge in [0.15, 0.2) is 0 Å². The topological polar surface area (TPSA) is 48.5 Å². The average molecular weight is 427 g/mol. The second-order valence-electron chi connectivity index (χ2n) is 8.66. The zero-order chi connectivity index (χ0) is 21.8. The van der Waals surface area contributed by atoms with Gasteiger partial charge in [-0.1, -0.05) is 48.5 Å². The quantitative estimate of drug-likeness (QED) is 0.579. The van der Waals surface area contributed by atoms with E-state index in [0.29, 0.717) is 6.42 Å². The number of nitrogens with zero attached hydrogens (tertiary/aromatic N) is 3. The molecule has 1 amide bonds. The normalized spacial score (nSPS) is 17.0. The van der Waals surface area contributed by atoms with Crippen LogP contribution in [0.15, 0.2) is 60.7 Å². The van der Waals surface area contributed by atoms with Crippen molar-refractivity contribution in [3.05, 3.63) is 71.9 Å². The van der Waals surface area contributed by atoms with Gasteiger partial charge in [0.25, 0.3) is 0 Å². The molecule has 0 saturated carbocycles. The molecule has 0 spiro atoms. The molecule has 2 aliphatic heterocycles. The number of anilines is 2. The van der Waals surface area contributed by atoms with Gasteiger partial charge in [-0.3, -0.25) is 9.69 Å². The highest BCUT2D eigenvalue weighted by molar-refractivity contribution is 5.94. The molecule has 0 atom stereocenters. The smallest absolute Gasteiger partial charge is 0.225 e. The van der Waals surface area contributed by atoms with E-state index in [1.165, 1.54) is 16.5 Å². The number of unbranched alkanes of at least 4 members (excludes halogenated alkanes) is 1. The second-order valence-corrected chi connectivity index (χ2v) is 8.66. The van der Waals surface area contributed by atoms with Crippen LogP contribution in [-0.2, 0) is 11.2 Å². The van der Waals surface area contributed by atoms with Crippen LogP contribution in [0.1, 0.15) is 30.5 Å². The van der Waals surface area contributed by atoms with Gasteiger partial charge < -0.3 is 10.2 Å². The number of allylic oxidation sites excluding steroid dienone is 1. The van der Waals surface area contributed by atoms with Crippen molar-refractivity contribution in [3.8, 4) is 0 Å². The Hall–Kier alpha value is -3.18. The zero-order valence-electron chi connectivity index (χ0n) is 18.5. The van der Waals surface area contributed by atoms with Crippen molar-refractivity contribution in [1.29, 1.82) is 0 Å². The lowest BCUT2D eigenvalue weighted by molar-refractivity contribution is -0.116. The highest BCUT2D eigenvalue weighted by atomic mass is 16.1. The molecule has 0 unspecified atom stereocenters. The van der Waals surface area contributed by atoms with Crippen LogP contribution in [0, 0.1) is 0 Å². The Balaban J connectivity index is 1.08. The van der Waals surface area contributed by atoms with Crippen LogP contribution in [0.5, 0.6) is 0 Å². The van der Waals surface area contributed by atoms with Gasteiger partial charge in [0.1, 0.15) is 5.82 Å². The van der Waals surface area contributed by atoms with Crippen molar-refractivity contribution in [2.75, 3.05) is 42.9 Å². The lowest BCUT2D eigenvalue weighted by Crippen LogP contribution is -2.46. The van der Waals surface area contributed by atoms with Crippen molar-refractivity contribution in [2.24, 2.45) is 0 Å². The number of amides is 1. The summed E-state index contributed by atoms with van der Waals surface area (Å²) in [6.45, 7) is 5.50. The van der Waals surface area contributed by atoms with Crippen LogP contribution in [0.4, 0.5) is 11.5 Å². The Morgan fingerprint density at radius 1 is 0.938 bits per heavy atom. The predicted molar refractivity (Wildman–Crippen MR) is 132 cm³/mol. The zero-order valence-corrected chi connectivity index (χ0v) is 18.5. The Kier molecular flexibility index (Phi) is 6.17. The third kappa shape index (κ3) is 4.68. The van der Waals surface area contributed by atoms with Gasteiger partial charge in [-0.2, -0.15) is 0 Å². The van der Waals surface area contributed by atoms with E-state index in [9.17, 15) is 4.79 Å². The first kappa shape index (κ1) is 20.7. The number of benzene rings is 2. The number of fused-ring (bicyclic) bond motifs is 2. The second kappa shape index (κ2) is 9.53. The monoisotopic (exact) mass is 426 g/mol. The molecular weight excluding hydrogens is 396 g/mol. The van der Waals surface area contributed by atoms with E-state index in [-0.39, 0.29) is 5.91 Å². The maximum atomic E-state index is 11.6. The van der Waals surface area contributed by atoms with Gasteiger partial charge in [-0.05, 0) is 55.0 Å². The number of aryl methyl sites for hydroxylation is 1. The maximum Gasteiger partial charge on any atom is 0.225 e. The number of hydrogen-bond acceptors (Lipinski definition) is 4. The van der Waals surface area contributed by atoms with E-state index in [0.717, 1.165) is 69.1 Å². The predicted octanol–water partition coefficient (Wildman–Crippen LogP) is 4.74. The minimum absolute atomic E-state index is 0.0617. The summed E-state index contributed by atoms with van der Waals surface area (Å²) in [7, 11) is 0. The average Bonchev–Trinajstić information content (AvgIpc) is 2.83. The molecule has 1 aromatic heterocycles.